The summed E-state index contributed by atoms with van der Waals surface area (Å²) < 4.78 is 28.3. The Bertz CT molecular complexity index is 701. The van der Waals surface area contributed by atoms with Gasteiger partial charge in [-0.2, -0.15) is 0 Å². The van der Waals surface area contributed by atoms with E-state index < -0.39 is 11.6 Å². The Labute approximate surface area is 126 Å². The standard InChI is InChI=1S/C15H16F2N4O/c1-20-6-5-19-14(20)13-9-18-4-7-21(13)15(22)10-2-3-11(16)12(17)8-10/h2-3,5-6,8,13,18H,4,7,9H2,1H3. The molecule has 22 heavy (non-hydrogen) atoms. The summed E-state index contributed by atoms with van der Waals surface area (Å²) in [5.41, 5.74) is 0.139. The van der Waals surface area contributed by atoms with E-state index in [1.807, 2.05) is 17.8 Å². The van der Waals surface area contributed by atoms with Gasteiger partial charge in [0.05, 0.1) is 0 Å². The predicted octanol–water partition coefficient (Wildman–Crippen LogP) is 1.49. The maximum Gasteiger partial charge on any atom is 0.254 e. The highest BCUT2D eigenvalue weighted by molar-refractivity contribution is 5.94. The van der Waals surface area contributed by atoms with Crippen LogP contribution in [0.1, 0.15) is 22.2 Å². The number of aryl methyl sites for hydroxylation is 1. The Hall–Kier alpha value is -2.28. The van der Waals surface area contributed by atoms with Gasteiger partial charge in [0.2, 0.25) is 0 Å². The van der Waals surface area contributed by atoms with Crippen LogP contribution in [0.5, 0.6) is 0 Å². The van der Waals surface area contributed by atoms with E-state index in [0.717, 1.165) is 18.0 Å². The Kier molecular flexibility index (Phi) is 3.89. The van der Waals surface area contributed by atoms with Crippen LogP contribution in [0.15, 0.2) is 30.6 Å². The normalized spacial score (nSPS) is 18.5. The van der Waals surface area contributed by atoms with Crippen LogP contribution in [0, 0.1) is 11.6 Å². The smallest absolute Gasteiger partial charge is 0.254 e. The number of nitrogens with zero attached hydrogens (tertiary/aromatic N) is 3. The second-order valence-corrected chi connectivity index (χ2v) is 5.24. The maximum absolute atomic E-state index is 13.4. The summed E-state index contributed by atoms with van der Waals surface area (Å²) in [7, 11) is 1.86. The van der Waals surface area contributed by atoms with Crippen LogP contribution in [0.3, 0.4) is 0 Å². The van der Waals surface area contributed by atoms with E-state index in [-0.39, 0.29) is 17.5 Å². The molecule has 5 nitrogen and oxygen atoms in total. The molecule has 7 heteroatoms. The van der Waals surface area contributed by atoms with Crippen LogP contribution in [0.4, 0.5) is 8.78 Å². The molecule has 1 saturated heterocycles. The van der Waals surface area contributed by atoms with Crippen molar-refractivity contribution in [3.8, 4) is 0 Å². The van der Waals surface area contributed by atoms with E-state index in [0.29, 0.717) is 19.6 Å². The fourth-order valence-corrected chi connectivity index (χ4v) is 2.67. The molecule has 1 N–H and O–H groups in total. The van der Waals surface area contributed by atoms with Gasteiger partial charge in [0, 0.05) is 44.6 Å². The molecular formula is C15H16F2N4O. The summed E-state index contributed by atoms with van der Waals surface area (Å²) in [6.45, 7) is 1.70. The molecule has 2 aromatic rings. The van der Waals surface area contributed by atoms with Crippen LogP contribution in [-0.4, -0.2) is 40.0 Å². The van der Waals surface area contributed by atoms with Crippen molar-refractivity contribution in [2.75, 3.05) is 19.6 Å². The number of carbonyl (C=O) groups is 1. The molecule has 0 radical (unpaired) electrons. The van der Waals surface area contributed by atoms with Crippen LogP contribution in [0.25, 0.3) is 0 Å². The van der Waals surface area contributed by atoms with Gasteiger partial charge in [0.25, 0.3) is 5.91 Å². The highest BCUT2D eigenvalue weighted by atomic mass is 19.2. The number of imidazole rings is 1. The Morgan fingerprint density at radius 3 is 2.86 bits per heavy atom. The molecule has 1 amide bonds. The third-order valence-electron chi connectivity index (χ3n) is 3.83. The number of benzene rings is 1. The Balaban J connectivity index is 1.91. The molecule has 1 atom stereocenters. The zero-order valence-corrected chi connectivity index (χ0v) is 12.1. The summed E-state index contributed by atoms with van der Waals surface area (Å²) in [6.07, 6.45) is 3.48. The van der Waals surface area contributed by atoms with Gasteiger partial charge >= 0.3 is 0 Å². The number of hydrogen-bond acceptors (Lipinski definition) is 3. The molecule has 1 aromatic carbocycles. The van der Waals surface area contributed by atoms with Gasteiger partial charge < -0.3 is 14.8 Å². The van der Waals surface area contributed by atoms with E-state index in [1.54, 1.807) is 11.1 Å². The van der Waals surface area contributed by atoms with Crippen molar-refractivity contribution in [3.63, 3.8) is 0 Å². The number of halogens is 2. The summed E-state index contributed by atoms with van der Waals surface area (Å²) >= 11 is 0. The molecule has 0 saturated carbocycles. The van der Waals surface area contributed by atoms with Gasteiger partial charge in [0.15, 0.2) is 11.6 Å². The van der Waals surface area contributed by atoms with Gasteiger partial charge in [-0.15, -0.1) is 0 Å². The van der Waals surface area contributed by atoms with Crippen LogP contribution >= 0.6 is 0 Å². The molecule has 2 heterocycles. The van der Waals surface area contributed by atoms with Crippen molar-refractivity contribution in [2.45, 2.75) is 6.04 Å². The third kappa shape index (κ3) is 2.59. The number of hydrogen-bond donors (Lipinski definition) is 1. The van der Waals surface area contributed by atoms with E-state index in [4.69, 9.17) is 0 Å². The summed E-state index contributed by atoms with van der Waals surface area (Å²) in [4.78, 5) is 18.6. The van der Waals surface area contributed by atoms with Crippen LogP contribution in [0.2, 0.25) is 0 Å². The molecule has 1 aromatic heterocycles. The molecule has 1 aliphatic heterocycles. The number of amides is 1. The molecular weight excluding hydrogens is 290 g/mol. The molecule has 116 valence electrons. The minimum absolute atomic E-state index is 0.139. The second-order valence-electron chi connectivity index (χ2n) is 5.24. The second kappa shape index (κ2) is 5.84. The van der Waals surface area contributed by atoms with E-state index >= 15 is 0 Å². The molecule has 1 aliphatic rings. The lowest BCUT2D eigenvalue weighted by Gasteiger charge is -2.35. The first-order valence-electron chi connectivity index (χ1n) is 7.02. The van der Waals surface area contributed by atoms with Crippen LogP contribution in [-0.2, 0) is 7.05 Å². The quantitative estimate of drug-likeness (QED) is 0.914. The van der Waals surface area contributed by atoms with E-state index in [9.17, 15) is 13.6 Å². The van der Waals surface area contributed by atoms with Crippen molar-refractivity contribution in [2.24, 2.45) is 7.05 Å². The fraction of sp³-hybridized carbons (Fsp3) is 0.333. The molecule has 3 rings (SSSR count). The minimum Gasteiger partial charge on any atom is -0.336 e. The lowest BCUT2D eigenvalue weighted by Crippen LogP contribution is -2.49. The Morgan fingerprint density at radius 1 is 1.36 bits per heavy atom. The van der Waals surface area contributed by atoms with Crippen LogP contribution < -0.4 is 5.32 Å². The topological polar surface area (TPSA) is 50.2 Å². The summed E-state index contributed by atoms with van der Waals surface area (Å²) in [5, 5.41) is 3.23. The maximum atomic E-state index is 13.4. The van der Waals surface area contributed by atoms with E-state index in [1.165, 1.54) is 6.07 Å². The minimum atomic E-state index is -1.02. The van der Waals surface area contributed by atoms with Crippen molar-refractivity contribution in [3.05, 3.63) is 53.6 Å². The predicted molar refractivity (Wildman–Crippen MR) is 76.2 cm³/mol. The van der Waals surface area contributed by atoms with Crippen molar-refractivity contribution in [1.82, 2.24) is 19.8 Å². The van der Waals surface area contributed by atoms with Gasteiger partial charge in [-0.3, -0.25) is 4.79 Å². The number of aromatic nitrogens is 2. The SMILES string of the molecule is Cn1ccnc1C1CNCCN1C(=O)c1ccc(F)c(F)c1. The zero-order valence-electron chi connectivity index (χ0n) is 12.1. The van der Waals surface area contributed by atoms with Gasteiger partial charge in [0.1, 0.15) is 11.9 Å². The highest BCUT2D eigenvalue weighted by Gasteiger charge is 2.31. The van der Waals surface area contributed by atoms with Gasteiger partial charge in [-0.05, 0) is 18.2 Å². The van der Waals surface area contributed by atoms with Crippen molar-refractivity contribution in [1.29, 1.82) is 0 Å². The number of piperazine rings is 1. The first kappa shape index (κ1) is 14.6. The first-order chi connectivity index (χ1) is 10.6. The lowest BCUT2D eigenvalue weighted by atomic mass is 10.1. The number of nitrogens with one attached hydrogen (secondary N) is 1. The largest absolute Gasteiger partial charge is 0.336 e. The summed E-state index contributed by atoms with van der Waals surface area (Å²) in [6, 6.07) is 2.97. The summed E-state index contributed by atoms with van der Waals surface area (Å²) in [5.74, 6) is -1.55. The number of rotatable bonds is 2. The third-order valence-corrected chi connectivity index (χ3v) is 3.83. The Morgan fingerprint density at radius 2 is 2.18 bits per heavy atom. The lowest BCUT2D eigenvalue weighted by molar-refractivity contribution is 0.0620. The van der Waals surface area contributed by atoms with Gasteiger partial charge in [-0.1, -0.05) is 0 Å². The molecule has 1 unspecified atom stereocenters. The molecule has 0 aliphatic carbocycles. The van der Waals surface area contributed by atoms with Crippen molar-refractivity contribution >= 4 is 5.91 Å². The molecule has 0 bridgehead atoms. The number of carbonyl (C=O) groups excluding carboxylic acids is 1. The zero-order chi connectivity index (χ0) is 15.7. The average Bonchev–Trinajstić information content (AvgIpc) is 2.95. The van der Waals surface area contributed by atoms with Gasteiger partial charge in [-0.25, -0.2) is 13.8 Å². The first-order valence-corrected chi connectivity index (χ1v) is 7.02. The molecule has 1 fully saturated rings. The van der Waals surface area contributed by atoms with Crippen molar-refractivity contribution < 1.29 is 13.6 Å². The monoisotopic (exact) mass is 306 g/mol. The van der Waals surface area contributed by atoms with E-state index in [2.05, 4.69) is 10.3 Å². The highest BCUT2D eigenvalue weighted by Crippen LogP contribution is 2.23. The fourth-order valence-electron chi connectivity index (χ4n) is 2.67. The average molecular weight is 306 g/mol. The molecule has 0 spiro atoms.